The maximum atomic E-state index is 2.69. The van der Waals surface area contributed by atoms with Crippen LogP contribution in [0, 0.1) is 0 Å². The molecule has 0 spiro atoms. The lowest BCUT2D eigenvalue weighted by atomic mass is 9.45. The Bertz CT molecular complexity index is 3320. The van der Waals surface area contributed by atoms with Crippen molar-refractivity contribution in [2.45, 2.75) is 0 Å². The molecule has 1 nitrogen and oxygen atoms in total. The van der Waals surface area contributed by atoms with Gasteiger partial charge in [-0.3, -0.25) is 0 Å². The van der Waals surface area contributed by atoms with E-state index >= 15 is 0 Å². The van der Waals surface area contributed by atoms with Crippen molar-refractivity contribution in [3.05, 3.63) is 231 Å². The first-order chi connectivity index (χ1) is 30.8. The van der Waals surface area contributed by atoms with E-state index in [-0.39, 0.29) is 6.85 Å². The molecule has 0 saturated heterocycles. The number of benzene rings is 10. The molecule has 0 aliphatic carbocycles. The van der Waals surface area contributed by atoms with Crippen molar-refractivity contribution < 1.29 is 0 Å². The lowest BCUT2D eigenvalue weighted by molar-refractivity contribution is 1.31. The van der Waals surface area contributed by atoms with Crippen LogP contribution in [-0.4, -0.2) is 11.3 Å². The fourth-order valence-corrected chi connectivity index (χ4v) is 10.6. The largest absolute Gasteiger partial charge is 0.375 e. The van der Waals surface area contributed by atoms with Gasteiger partial charge >= 0.3 is 6.85 Å². The highest BCUT2D eigenvalue weighted by molar-refractivity contribution is 6.88. The normalized spacial score (nSPS) is 12.2. The van der Waals surface area contributed by atoms with E-state index in [4.69, 9.17) is 0 Å². The first-order valence-electron chi connectivity index (χ1n) is 21.6. The van der Waals surface area contributed by atoms with Gasteiger partial charge in [-0.05, 0) is 125 Å². The Kier molecular flexibility index (Phi) is 7.77. The zero-order valence-corrected chi connectivity index (χ0v) is 34.0. The number of hydrogen-bond acceptors (Lipinski definition) is 0. The Morgan fingerprint density at radius 3 is 1.00 bits per heavy atom. The van der Waals surface area contributed by atoms with Gasteiger partial charge in [-0.15, -0.1) is 0 Å². The van der Waals surface area contributed by atoms with E-state index in [0.717, 1.165) is 0 Å². The van der Waals surface area contributed by atoms with Gasteiger partial charge in [0.1, 0.15) is 0 Å². The van der Waals surface area contributed by atoms with Crippen LogP contribution in [0.4, 0.5) is 0 Å². The molecular weight excluding hydrogens is 745 g/mol. The molecule has 0 amide bonds. The third-order valence-corrected chi connectivity index (χ3v) is 13.4. The van der Waals surface area contributed by atoms with Crippen molar-refractivity contribution in [1.29, 1.82) is 0 Å². The van der Waals surface area contributed by atoms with E-state index in [1.54, 1.807) is 0 Å². The molecule has 286 valence electrons. The van der Waals surface area contributed by atoms with E-state index in [0.29, 0.717) is 0 Å². The summed E-state index contributed by atoms with van der Waals surface area (Å²) >= 11 is 0. The SMILES string of the molecule is c1ccc(-c2ccc(-c3ccccc3)c(-c3cc4c5c(c3)c3cc(-c6cc(-c7ccccc7)ccc6-c6ccccc6)cc6c3n5B(c3ccccc3-4)c3ccccc3-6)c2)cc1. The molecular formula is C60H38BN. The Balaban J connectivity index is 1.16. The highest BCUT2D eigenvalue weighted by atomic mass is 14.9. The quantitative estimate of drug-likeness (QED) is 0.148. The lowest BCUT2D eigenvalue weighted by Crippen LogP contribution is -2.53. The van der Waals surface area contributed by atoms with Crippen LogP contribution >= 0.6 is 0 Å². The zero-order valence-electron chi connectivity index (χ0n) is 34.0. The van der Waals surface area contributed by atoms with Crippen molar-refractivity contribution in [3.63, 3.8) is 0 Å². The molecule has 2 heteroatoms. The average molecular weight is 784 g/mol. The Hall–Kier alpha value is -7.94. The second-order valence-corrected chi connectivity index (χ2v) is 16.8. The molecule has 1 aromatic heterocycles. The summed E-state index contributed by atoms with van der Waals surface area (Å²) in [5.41, 5.74) is 25.1. The molecule has 13 rings (SSSR count). The summed E-state index contributed by atoms with van der Waals surface area (Å²) in [5.74, 6) is 0. The van der Waals surface area contributed by atoms with Crippen LogP contribution in [0.2, 0.25) is 0 Å². The minimum absolute atomic E-state index is 0.0710. The minimum atomic E-state index is 0.0710. The monoisotopic (exact) mass is 783 g/mol. The van der Waals surface area contributed by atoms with E-state index in [9.17, 15) is 0 Å². The van der Waals surface area contributed by atoms with Crippen molar-refractivity contribution in [3.8, 4) is 89.0 Å². The van der Waals surface area contributed by atoms with Gasteiger partial charge in [0.05, 0.1) is 0 Å². The maximum Gasteiger partial charge on any atom is 0.329 e. The van der Waals surface area contributed by atoms with Gasteiger partial charge < -0.3 is 4.48 Å². The van der Waals surface area contributed by atoms with Gasteiger partial charge in [0, 0.05) is 32.9 Å². The topological polar surface area (TPSA) is 4.93 Å². The van der Waals surface area contributed by atoms with Crippen molar-refractivity contribution >= 4 is 39.6 Å². The van der Waals surface area contributed by atoms with Crippen LogP contribution in [-0.2, 0) is 0 Å². The smallest absolute Gasteiger partial charge is 0.329 e. The summed E-state index contributed by atoms with van der Waals surface area (Å²) in [4.78, 5) is 0. The van der Waals surface area contributed by atoms with Crippen molar-refractivity contribution in [1.82, 2.24) is 4.48 Å². The second-order valence-electron chi connectivity index (χ2n) is 16.8. The van der Waals surface area contributed by atoms with Gasteiger partial charge in [-0.2, -0.15) is 0 Å². The molecule has 2 aliphatic heterocycles. The predicted octanol–water partition coefficient (Wildman–Crippen LogP) is 14.4. The first kappa shape index (κ1) is 34.9. The second kappa shape index (κ2) is 13.8. The fraction of sp³-hybridized carbons (Fsp3) is 0. The van der Waals surface area contributed by atoms with Crippen LogP contribution in [0.5, 0.6) is 0 Å². The van der Waals surface area contributed by atoms with Gasteiger partial charge in [-0.1, -0.05) is 194 Å². The van der Waals surface area contributed by atoms with Crippen LogP contribution in [0.1, 0.15) is 0 Å². The van der Waals surface area contributed by atoms with Crippen LogP contribution in [0.15, 0.2) is 231 Å². The molecule has 0 saturated carbocycles. The number of hydrogen-bond donors (Lipinski definition) is 0. The van der Waals surface area contributed by atoms with E-state index in [1.165, 1.54) is 122 Å². The van der Waals surface area contributed by atoms with E-state index in [1.807, 2.05) is 0 Å². The number of nitrogens with zero attached hydrogens (tertiary/aromatic N) is 1. The molecule has 0 fully saturated rings. The summed E-state index contributed by atoms with van der Waals surface area (Å²) in [5, 5.41) is 2.57. The van der Waals surface area contributed by atoms with Gasteiger partial charge in [-0.25, -0.2) is 0 Å². The molecule has 0 N–H and O–H groups in total. The number of fused-ring (bicyclic) bond motifs is 7. The minimum Gasteiger partial charge on any atom is -0.375 e. The molecule has 10 aromatic carbocycles. The number of aromatic nitrogens is 1. The van der Waals surface area contributed by atoms with E-state index in [2.05, 4.69) is 235 Å². The maximum absolute atomic E-state index is 2.69. The molecule has 0 unspecified atom stereocenters. The van der Waals surface area contributed by atoms with Crippen LogP contribution in [0.25, 0.3) is 111 Å². The first-order valence-corrected chi connectivity index (χ1v) is 21.6. The Morgan fingerprint density at radius 1 is 0.226 bits per heavy atom. The third-order valence-electron chi connectivity index (χ3n) is 13.4. The summed E-state index contributed by atoms with van der Waals surface area (Å²) in [7, 11) is 0. The van der Waals surface area contributed by atoms with Crippen molar-refractivity contribution in [2.24, 2.45) is 0 Å². The predicted molar refractivity (Wildman–Crippen MR) is 263 cm³/mol. The van der Waals surface area contributed by atoms with Crippen molar-refractivity contribution in [2.75, 3.05) is 0 Å². The molecule has 62 heavy (non-hydrogen) atoms. The van der Waals surface area contributed by atoms with Gasteiger partial charge in [0.25, 0.3) is 0 Å². The lowest BCUT2D eigenvalue weighted by Gasteiger charge is -2.32. The standard InChI is InChI=1S/C60H38BN/c1-5-17-39(18-6-1)43-29-31-47(41-21-9-3-10-22-41)51(33-43)45-35-53-49-25-13-15-27-57(49)61-58-28-16-14-26-50(58)54-36-46(38-56-55(37-45)59(53)62(61)60(54)56)52-34-44(40-19-7-2-8-20-40)30-32-48(52)42-23-11-4-12-24-42/h1-38H. The van der Waals surface area contributed by atoms with E-state index < -0.39 is 0 Å². The molecule has 2 aliphatic rings. The summed E-state index contributed by atoms with van der Waals surface area (Å²) in [6, 6.07) is 85.6. The molecule has 0 bridgehead atoms. The van der Waals surface area contributed by atoms with Gasteiger partial charge in [0.2, 0.25) is 0 Å². The molecule has 0 radical (unpaired) electrons. The molecule has 0 atom stereocenters. The highest BCUT2D eigenvalue weighted by Crippen LogP contribution is 2.49. The van der Waals surface area contributed by atoms with Crippen LogP contribution < -0.4 is 10.9 Å². The number of rotatable bonds is 6. The average Bonchev–Trinajstić information content (AvgIpc) is 3.69. The third kappa shape index (κ3) is 5.30. The fourth-order valence-electron chi connectivity index (χ4n) is 10.6. The Morgan fingerprint density at radius 2 is 0.581 bits per heavy atom. The molecule has 3 heterocycles. The summed E-state index contributed by atoms with van der Waals surface area (Å²) < 4.78 is 2.69. The zero-order chi connectivity index (χ0) is 40.7. The summed E-state index contributed by atoms with van der Waals surface area (Å²) in [6.07, 6.45) is 0. The highest BCUT2D eigenvalue weighted by Gasteiger charge is 2.39. The van der Waals surface area contributed by atoms with Gasteiger partial charge in [0.15, 0.2) is 0 Å². The molecule has 11 aromatic rings. The summed E-state index contributed by atoms with van der Waals surface area (Å²) in [6.45, 7) is 0.0710. The Labute approximate surface area is 362 Å². The van der Waals surface area contributed by atoms with Crippen LogP contribution in [0.3, 0.4) is 0 Å².